The van der Waals surface area contributed by atoms with Crippen LogP contribution in [-0.4, -0.2) is 32.2 Å². The third kappa shape index (κ3) is 3.67. The standard InChI is InChI=1S/C20H17ClN2O4/c21-15-11-13(5-6-16(15)23-7-9-26-10-8-23)22-20(25)19-12-17(24)14-3-1-2-4-18(14)27-19/h1-6,11-12H,7-10H2,(H,22,25). The van der Waals surface area contributed by atoms with E-state index < -0.39 is 5.91 Å². The van der Waals surface area contributed by atoms with Crippen LogP contribution in [0.25, 0.3) is 11.0 Å². The fourth-order valence-corrected chi connectivity index (χ4v) is 3.35. The van der Waals surface area contributed by atoms with E-state index in [9.17, 15) is 9.59 Å². The van der Waals surface area contributed by atoms with Crippen molar-refractivity contribution in [3.63, 3.8) is 0 Å². The summed E-state index contributed by atoms with van der Waals surface area (Å²) in [6.07, 6.45) is 0. The highest BCUT2D eigenvalue weighted by Gasteiger charge is 2.16. The number of anilines is 2. The van der Waals surface area contributed by atoms with E-state index in [4.69, 9.17) is 20.8 Å². The number of morpholine rings is 1. The summed E-state index contributed by atoms with van der Waals surface area (Å²) in [6, 6.07) is 13.3. The van der Waals surface area contributed by atoms with Crippen LogP contribution in [0.2, 0.25) is 5.02 Å². The number of hydrogen-bond acceptors (Lipinski definition) is 5. The number of hydrogen-bond donors (Lipinski definition) is 1. The Bertz CT molecular complexity index is 1060. The first kappa shape index (κ1) is 17.6. The minimum Gasteiger partial charge on any atom is -0.451 e. The molecule has 1 aromatic heterocycles. The molecule has 0 unspecified atom stereocenters. The van der Waals surface area contributed by atoms with Crippen molar-refractivity contribution in [1.82, 2.24) is 0 Å². The molecule has 0 spiro atoms. The molecule has 2 aromatic carbocycles. The Morgan fingerprint density at radius 3 is 2.63 bits per heavy atom. The predicted molar refractivity (Wildman–Crippen MR) is 105 cm³/mol. The number of carbonyl (C=O) groups is 1. The van der Waals surface area contributed by atoms with Crippen molar-refractivity contribution in [1.29, 1.82) is 0 Å². The maximum absolute atomic E-state index is 12.5. The summed E-state index contributed by atoms with van der Waals surface area (Å²) < 4.78 is 10.9. The smallest absolute Gasteiger partial charge is 0.291 e. The number of benzene rings is 2. The van der Waals surface area contributed by atoms with Crippen LogP contribution in [0.5, 0.6) is 0 Å². The van der Waals surface area contributed by atoms with Crippen molar-refractivity contribution in [3.05, 3.63) is 69.5 Å². The molecule has 0 aliphatic carbocycles. The van der Waals surface area contributed by atoms with Gasteiger partial charge in [-0.1, -0.05) is 23.7 Å². The van der Waals surface area contributed by atoms with Crippen LogP contribution < -0.4 is 15.6 Å². The lowest BCUT2D eigenvalue weighted by Gasteiger charge is -2.29. The molecule has 1 saturated heterocycles. The van der Waals surface area contributed by atoms with Crippen LogP contribution >= 0.6 is 11.6 Å². The quantitative estimate of drug-likeness (QED) is 0.747. The van der Waals surface area contributed by atoms with Gasteiger partial charge in [0.2, 0.25) is 0 Å². The molecule has 7 heteroatoms. The number of amides is 1. The third-order valence-electron chi connectivity index (χ3n) is 4.42. The minimum atomic E-state index is -0.506. The highest BCUT2D eigenvalue weighted by atomic mass is 35.5. The van der Waals surface area contributed by atoms with Crippen LogP contribution in [-0.2, 0) is 4.74 Å². The number of rotatable bonds is 3. The zero-order chi connectivity index (χ0) is 18.8. The molecule has 6 nitrogen and oxygen atoms in total. The van der Waals surface area contributed by atoms with E-state index >= 15 is 0 Å². The summed E-state index contributed by atoms with van der Waals surface area (Å²) in [4.78, 5) is 26.8. The topological polar surface area (TPSA) is 71.8 Å². The van der Waals surface area contributed by atoms with Crippen molar-refractivity contribution in [2.45, 2.75) is 0 Å². The van der Waals surface area contributed by atoms with Gasteiger partial charge >= 0.3 is 0 Å². The highest BCUT2D eigenvalue weighted by Crippen LogP contribution is 2.29. The van der Waals surface area contributed by atoms with Gasteiger partial charge in [0.25, 0.3) is 5.91 Å². The summed E-state index contributed by atoms with van der Waals surface area (Å²) in [6.45, 7) is 2.87. The Labute approximate surface area is 160 Å². The van der Waals surface area contributed by atoms with Gasteiger partial charge in [-0.3, -0.25) is 9.59 Å². The molecule has 27 heavy (non-hydrogen) atoms. The van der Waals surface area contributed by atoms with E-state index in [1.165, 1.54) is 6.07 Å². The predicted octanol–water partition coefficient (Wildman–Crippen LogP) is 3.54. The van der Waals surface area contributed by atoms with Crippen molar-refractivity contribution < 1.29 is 13.9 Å². The summed E-state index contributed by atoms with van der Waals surface area (Å²) in [5.41, 5.74) is 1.53. The Morgan fingerprint density at radius 1 is 1.07 bits per heavy atom. The lowest BCUT2D eigenvalue weighted by molar-refractivity contribution is 0.0997. The average molecular weight is 385 g/mol. The van der Waals surface area contributed by atoms with Gasteiger partial charge in [0.05, 0.1) is 29.3 Å². The maximum atomic E-state index is 12.5. The second-order valence-corrected chi connectivity index (χ2v) is 6.60. The molecular weight excluding hydrogens is 368 g/mol. The SMILES string of the molecule is O=C(Nc1ccc(N2CCOCC2)c(Cl)c1)c1cc(=O)c2ccccc2o1. The van der Waals surface area contributed by atoms with Gasteiger partial charge in [0.1, 0.15) is 5.58 Å². The Kier molecular flexibility index (Phi) is 4.83. The summed E-state index contributed by atoms with van der Waals surface area (Å²) in [7, 11) is 0. The molecule has 1 aliphatic heterocycles. The number of nitrogens with one attached hydrogen (secondary N) is 1. The molecule has 1 fully saturated rings. The molecular formula is C20H17ClN2O4. The van der Waals surface area contributed by atoms with Gasteiger partial charge in [0, 0.05) is 24.8 Å². The van der Waals surface area contributed by atoms with Crippen molar-refractivity contribution in [2.75, 3.05) is 36.5 Å². The second kappa shape index (κ2) is 7.42. The number of carbonyl (C=O) groups excluding carboxylic acids is 1. The summed E-state index contributed by atoms with van der Waals surface area (Å²) >= 11 is 6.39. The first-order valence-electron chi connectivity index (χ1n) is 8.58. The molecule has 0 atom stereocenters. The fraction of sp³-hybridized carbons (Fsp3) is 0.200. The number of para-hydroxylation sites is 1. The molecule has 1 amide bonds. The maximum Gasteiger partial charge on any atom is 0.291 e. The van der Waals surface area contributed by atoms with Crippen LogP contribution in [0.3, 0.4) is 0 Å². The number of halogens is 1. The molecule has 138 valence electrons. The molecule has 2 heterocycles. The Hall–Kier alpha value is -2.83. The Morgan fingerprint density at radius 2 is 1.85 bits per heavy atom. The van der Waals surface area contributed by atoms with E-state index in [-0.39, 0.29) is 11.2 Å². The monoisotopic (exact) mass is 384 g/mol. The van der Waals surface area contributed by atoms with Crippen LogP contribution in [0, 0.1) is 0 Å². The number of ether oxygens (including phenoxy) is 1. The highest BCUT2D eigenvalue weighted by molar-refractivity contribution is 6.33. The molecule has 1 N–H and O–H groups in total. The van der Waals surface area contributed by atoms with Gasteiger partial charge in [-0.05, 0) is 30.3 Å². The zero-order valence-electron chi connectivity index (χ0n) is 14.4. The molecule has 0 radical (unpaired) electrons. The molecule has 0 saturated carbocycles. The zero-order valence-corrected chi connectivity index (χ0v) is 15.2. The van der Waals surface area contributed by atoms with E-state index in [1.807, 2.05) is 6.07 Å². The second-order valence-electron chi connectivity index (χ2n) is 6.19. The first-order valence-corrected chi connectivity index (χ1v) is 8.96. The molecule has 4 rings (SSSR count). The number of fused-ring (bicyclic) bond motifs is 1. The first-order chi connectivity index (χ1) is 13.1. The van der Waals surface area contributed by atoms with Crippen molar-refractivity contribution in [3.8, 4) is 0 Å². The summed E-state index contributed by atoms with van der Waals surface area (Å²) in [5.74, 6) is -0.555. The average Bonchev–Trinajstić information content (AvgIpc) is 2.69. The largest absolute Gasteiger partial charge is 0.451 e. The van der Waals surface area contributed by atoms with Gasteiger partial charge < -0.3 is 19.4 Å². The van der Waals surface area contributed by atoms with Crippen LogP contribution in [0.4, 0.5) is 11.4 Å². The third-order valence-corrected chi connectivity index (χ3v) is 4.72. The van der Waals surface area contributed by atoms with Crippen LogP contribution in [0.15, 0.2) is 57.7 Å². The van der Waals surface area contributed by atoms with Gasteiger partial charge in [0.15, 0.2) is 11.2 Å². The van der Waals surface area contributed by atoms with Crippen LogP contribution in [0.1, 0.15) is 10.6 Å². The van der Waals surface area contributed by atoms with Gasteiger partial charge in [-0.15, -0.1) is 0 Å². The molecule has 0 bridgehead atoms. The number of nitrogens with zero attached hydrogens (tertiary/aromatic N) is 1. The molecule has 3 aromatic rings. The normalized spacial score (nSPS) is 14.3. The van der Waals surface area contributed by atoms with E-state index in [0.717, 1.165) is 18.8 Å². The lowest BCUT2D eigenvalue weighted by Crippen LogP contribution is -2.36. The van der Waals surface area contributed by atoms with Gasteiger partial charge in [-0.2, -0.15) is 0 Å². The van der Waals surface area contributed by atoms with Gasteiger partial charge in [-0.25, -0.2) is 0 Å². The summed E-state index contributed by atoms with van der Waals surface area (Å²) in [5, 5.41) is 3.70. The van der Waals surface area contributed by atoms with E-state index in [1.54, 1.807) is 36.4 Å². The Balaban J connectivity index is 1.56. The van der Waals surface area contributed by atoms with Crippen molar-refractivity contribution in [2.24, 2.45) is 0 Å². The fourth-order valence-electron chi connectivity index (χ4n) is 3.05. The minimum absolute atomic E-state index is 0.0490. The van der Waals surface area contributed by atoms with E-state index in [0.29, 0.717) is 34.9 Å². The lowest BCUT2D eigenvalue weighted by atomic mass is 10.2. The van der Waals surface area contributed by atoms with E-state index in [2.05, 4.69) is 10.2 Å². The van der Waals surface area contributed by atoms with Crippen molar-refractivity contribution >= 4 is 39.9 Å². The molecule has 1 aliphatic rings.